The number of nitrogens with zero attached hydrogens (tertiary/aromatic N) is 1. The molecule has 0 radical (unpaired) electrons. The van der Waals surface area contributed by atoms with Crippen LogP contribution in [0.4, 0.5) is 0 Å². The molecule has 2 fully saturated rings. The number of likely N-dealkylation sites (N-methyl/N-ethyl adjacent to an activating group) is 1. The van der Waals surface area contributed by atoms with E-state index in [0.717, 1.165) is 12.1 Å². The second-order valence-corrected chi connectivity index (χ2v) is 5.38. The van der Waals surface area contributed by atoms with Crippen molar-refractivity contribution in [2.24, 2.45) is 5.73 Å². The molecule has 3 nitrogen and oxygen atoms in total. The highest BCUT2D eigenvalue weighted by Gasteiger charge is 2.23. The minimum Gasteiger partial charge on any atom is -0.328 e. The van der Waals surface area contributed by atoms with Gasteiger partial charge in [-0.2, -0.15) is 0 Å². The molecule has 0 aromatic carbocycles. The Labute approximate surface area is 93.4 Å². The van der Waals surface area contributed by atoms with Gasteiger partial charge in [0.05, 0.1) is 0 Å². The van der Waals surface area contributed by atoms with Gasteiger partial charge in [0.25, 0.3) is 0 Å². The van der Waals surface area contributed by atoms with Crippen LogP contribution in [0.2, 0.25) is 0 Å². The predicted molar refractivity (Wildman–Crippen MR) is 63.9 cm³/mol. The van der Waals surface area contributed by atoms with E-state index in [1.807, 2.05) is 0 Å². The van der Waals surface area contributed by atoms with Gasteiger partial charge in [-0.3, -0.25) is 0 Å². The number of piperidine rings is 1. The molecule has 0 spiro atoms. The lowest BCUT2D eigenvalue weighted by Gasteiger charge is -2.35. The first-order chi connectivity index (χ1) is 7.24. The molecule has 3 N–H and O–H groups in total. The third-order valence-corrected chi connectivity index (χ3v) is 3.87. The highest BCUT2D eigenvalue weighted by atomic mass is 15.1. The summed E-state index contributed by atoms with van der Waals surface area (Å²) in [6.45, 7) is 2.50. The molecule has 0 aromatic heterocycles. The summed E-state index contributed by atoms with van der Waals surface area (Å²) in [6.07, 6.45) is 7.68. The largest absolute Gasteiger partial charge is 0.328 e. The predicted octanol–water partition coefficient (Wildman–Crippen LogP) is 0.940. The van der Waals surface area contributed by atoms with Gasteiger partial charge in [0.1, 0.15) is 0 Å². The fourth-order valence-corrected chi connectivity index (χ4v) is 2.92. The van der Waals surface area contributed by atoms with Crippen molar-refractivity contribution in [1.82, 2.24) is 10.2 Å². The first kappa shape index (κ1) is 11.4. The Kier molecular flexibility index (Phi) is 4.00. The van der Waals surface area contributed by atoms with Gasteiger partial charge in [-0.25, -0.2) is 0 Å². The molecule has 1 saturated carbocycles. The second kappa shape index (κ2) is 5.28. The second-order valence-electron chi connectivity index (χ2n) is 5.38. The molecule has 0 aromatic rings. The van der Waals surface area contributed by atoms with E-state index in [9.17, 15) is 0 Å². The van der Waals surface area contributed by atoms with E-state index in [4.69, 9.17) is 5.73 Å². The summed E-state index contributed by atoms with van der Waals surface area (Å²) in [7, 11) is 2.23. The van der Waals surface area contributed by atoms with Gasteiger partial charge in [0, 0.05) is 24.7 Å². The molecule has 1 aliphatic heterocycles. The molecule has 1 heterocycles. The zero-order valence-electron chi connectivity index (χ0n) is 9.91. The van der Waals surface area contributed by atoms with Crippen LogP contribution in [-0.4, -0.2) is 43.2 Å². The van der Waals surface area contributed by atoms with Crippen molar-refractivity contribution in [3.05, 3.63) is 0 Å². The van der Waals surface area contributed by atoms with E-state index in [2.05, 4.69) is 17.3 Å². The molecule has 2 aliphatic rings. The van der Waals surface area contributed by atoms with Crippen molar-refractivity contribution < 1.29 is 0 Å². The van der Waals surface area contributed by atoms with Crippen LogP contribution in [0.1, 0.15) is 38.5 Å². The summed E-state index contributed by atoms with van der Waals surface area (Å²) >= 11 is 0. The van der Waals surface area contributed by atoms with Crippen LogP contribution in [0.5, 0.6) is 0 Å². The molecule has 1 saturated heterocycles. The van der Waals surface area contributed by atoms with E-state index in [0.29, 0.717) is 6.04 Å². The number of nitrogens with one attached hydrogen (secondary N) is 1. The molecule has 88 valence electrons. The normalized spacial score (nSPS) is 39.2. The molecule has 1 atom stereocenters. The summed E-state index contributed by atoms with van der Waals surface area (Å²) in [5, 5.41) is 3.81. The van der Waals surface area contributed by atoms with Crippen LogP contribution in [0.3, 0.4) is 0 Å². The SMILES string of the molecule is CN1CCCC(NC2CCC(N)CC2)C1. The maximum absolute atomic E-state index is 5.92. The van der Waals surface area contributed by atoms with Gasteiger partial charge in [-0.05, 0) is 52.1 Å². The highest BCUT2D eigenvalue weighted by molar-refractivity contribution is 4.84. The van der Waals surface area contributed by atoms with Gasteiger partial charge in [-0.1, -0.05) is 0 Å². The summed E-state index contributed by atoms with van der Waals surface area (Å²) in [5.41, 5.74) is 5.92. The van der Waals surface area contributed by atoms with Gasteiger partial charge < -0.3 is 16.0 Å². The van der Waals surface area contributed by atoms with Crippen LogP contribution >= 0.6 is 0 Å². The molecule has 1 unspecified atom stereocenters. The maximum Gasteiger partial charge on any atom is 0.0197 e. The number of hydrogen-bond acceptors (Lipinski definition) is 3. The Balaban J connectivity index is 1.71. The van der Waals surface area contributed by atoms with Gasteiger partial charge in [0.2, 0.25) is 0 Å². The van der Waals surface area contributed by atoms with E-state index in [1.165, 1.54) is 51.6 Å². The highest BCUT2D eigenvalue weighted by Crippen LogP contribution is 2.19. The van der Waals surface area contributed by atoms with Crippen molar-refractivity contribution in [3.63, 3.8) is 0 Å². The number of likely N-dealkylation sites (tertiary alicyclic amines) is 1. The zero-order valence-corrected chi connectivity index (χ0v) is 9.91. The minimum absolute atomic E-state index is 0.470. The van der Waals surface area contributed by atoms with E-state index in [-0.39, 0.29) is 0 Å². The Morgan fingerprint density at radius 1 is 1.07 bits per heavy atom. The van der Waals surface area contributed by atoms with Gasteiger partial charge >= 0.3 is 0 Å². The fourth-order valence-electron chi connectivity index (χ4n) is 2.92. The Bertz CT molecular complexity index is 187. The van der Waals surface area contributed by atoms with Crippen LogP contribution in [0, 0.1) is 0 Å². The Morgan fingerprint density at radius 3 is 2.47 bits per heavy atom. The first-order valence-electron chi connectivity index (χ1n) is 6.44. The summed E-state index contributed by atoms with van der Waals surface area (Å²) in [6, 6.07) is 1.93. The molecule has 15 heavy (non-hydrogen) atoms. The smallest absolute Gasteiger partial charge is 0.0197 e. The van der Waals surface area contributed by atoms with Crippen LogP contribution < -0.4 is 11.1 Å². The molecule has 0 amide bonds. The quantitative estimate of drug-likeness (QED) is 0.714. The third-order valence-electron chi connectivity index (χ3n) is 3.87. The van der Waals surface area contributed by atoms with Crippen LogP contribution in [-0.2, 0) is 0 Å². The average Bonchev–Trinajstić information content (AvgIpc) is 2.22. The van der Waals surface area contributed by atoms with E-state index >= 15 is 0 Å². The summed E-state index contributed by atoms with van der Waals surface area (Å²) < 4.78 is 0. The molecule has 1 aliphatic carbocycles. The Hall–Kier alpha value is -0.120. The van der Waals surface area contributed by atoms with Crippen molar-refractivity contribution >= 4 is 0 Å². The van der Waals surface area contributed by atoms with Crippen molar-refractivity contribution in [1.29, 1.82) is 0 Å². The topological polar surface area (TPSA) is 41.3 Å². The van der Waals surface area contributed by atoms with Crippen LogP contribution in [0.15, 0.2) is 0 Å². The van der Waals surface area contributed by atoms with E-state index in [1.54, 1.807) is 0 Å². The number of nitrogens with two attached hydrogens (primary N) is 1. The van der Waals surface area contributed by atoms with Crippen LogP contribution in [0.25, 0.3) is 0 Å². The maximum atomic E-state index is 5.92. The standard InChI is InChI=1S/C12H25N3/c1-15-8-2-3-12(9-15)14-11-6-4-10(13)5-7-11/h10-12,14H,2-9,13H2,1H3. The lowest BCUT2D eigenvalue weighted by molar-refractivity contribution is 0.202. The monoisotopic (exact) mass is 211 g/mol. The fraction of sp³-hybridized carbons (Fsp3) is 1.00. The van der Waals surface area contributed by atoms with Crippen molar-refractivity contribution in [2.45, 2.75) is 56.7 Å². The number of rotatable bonds is 2. The van der Waals surface area contributed by atoms with Crippen molar-refractivity contribution in [3.8, 4) is 0 Å². The summed E-state index contributed by atoms with van der Waals surface area (Å²) in [4.78, 5) is 2.44. The van der Waals surface area contributed by atoms with Gasteiger partial charge in [0.15, 0.2) is 0 Å². The molecule has 2 rings (SSSR count). The molecule has 0 bridgehead atoms. The minimum atomic E-state index is 0.470. The zero-order chi connectivity index (χ0) is 10.7. The van der Waals surface area contributed by atoms with E-state index < -0.39 is 0 Å². The molecule has 3 heteroatoms. The Morgan fingerprint density at radius 2 is 1.80 bits per heavy atom. The summed E-state index contributed by atoms with van der Waals surface area (Å²) in [5.74, 6) is 0. The lowest BCUT2D eigenvalue weighted by Crippen LogP contribution is -2.49. The van der Waals surface area contributed by atoms with Gasteiger partial charge in [-0.15, -0.1) is 0 Å². The number of hydrogen-bond donors (Lipinski definition) is 2. The molecular weight excluding hydrogens is 186 g/mol. The third kappa shape index (κ3) is 3.44. The lowest BCUT2D eigenvalue weighted by atomic mass is 9.90. The molecular formula is C12H25N3. The average molecular weight is 211 g/mol. The first-order valence-corrected chi connectivity index (χ1v) is 6.44. The van der Waals surface area contributed by atoms with Crippen molar-refractivity contribution in [2.75, 3.05) is 20.1 Å².